The largest absolute Gasteiger partial charge is 0.456 e. The van der Waals surface area contributed by atoms with E-state index in [1.54, 1.807) is 0 Å². The molecular formula is C49H26N2O2. The smallest absolute Gasteiger partial charge is 0.200 e. The van der Waals surface area contributed by atoms with E-state index in [1.807, 2.05) is 36.4 Å². The van der Waals surface area contributed by atoms with Crippen LogP contribution in [-0.4, -0.2) is 8.80 Å². The molecule has 8 aromatic carbocycles. The molecule has 0 N–H and O–H groups in total. The summed E-state index contributed by atoms with van der Waals surface area (Å²) in [5, 5.41) is 11.2. The molecule has 13 aromatic rings. The summed E-state index contributed by atoms with van der Waals surface area (Å²) in [7, 11) is 0. The van der Waals surface area contributed by atoms with E-state index < -0.39 is 0 Å². The van der Waals surface area contributed by atoms with E-state index in [0.29, 0.717) is 21.9 Å². The molecule has 0 radical (unpaired) electrons. The van der Waals surface area contributed by atoms with Crippen molar-refractivity contribution < 1.29 is 4.42 Å². The summed E-state index contributed by atoms with van der Waals surface area (Å²) in [6.45, 7) is 0. The molecule has 4 heteroatoms. The highest BCUT2D eigenvalue weighted by Gasteiger charge is 2.20. The molecule has 0 bridgehead atoms. The molecule has 244 valence electrons. The van der Waals surface area contributed by atoms with Gasteiger partial charge in [0.15, 0.2) is 0 Å². The third-order valence-corrected chi connectivity index (χ3v) is 11.8. The molecule has 5 heterocycles. The first-order valence-electron chi connectivity index (χ1n) is 18.0. The van der Waals surface area contributed by atoms with Gasteiger partial charge < -0.3 is 13.2 Å². The molecule has 5 aromatic heterocycles. The van der Waals surface area contributed by atoms with Gasteiger partial charge in [0.1, 0.15) is 11.2 Å². The molecule has 0 fully saturated rings. The third-order valence-electron chi connectivity index (χ3n) is 11.8. The fourth-order valence-corrected chi connectivity index (χ4v) is 9.43. The molecule has 0 atom stereocenters. The highest BCUT2D eigenvalue weighted by Crippen LogP contribution is 2.42. The van der Waals surface area contributed by atoms with Gasteiger partial charge in [-0.15, -0.1) is 0 Å². The molecule has 0 amide bonds. The van der Waals surface area contributed by atoms with Gasteiger partial charge in [0.2, 0.25) is 5.43 Å². The zero-order valence-corrected chi connectivity index (χ0v) is 28.2. The molecule has 13 rings (SSSR count). The lowest BCUT2D eigenvalue weighted by atomic mass is 9.99. The van der Waals surface area contributed by atoms with Crippen molar-refractivity contribution in [1.82, 2.24) is 8.80 Å². The summed E-state index contributed by atoms with van der Waals surface area (Å²) >= 11 is 0. The standard InChI is InChI=1S/C49H26N2O2/c52-49-39-21-17-29(27-15-19-33-37-11-5-9-35-31-7-1-3-13-41(31)50(47(35)37)43(33)23-27)25-45(39)53-46-26-30(18-22-40(46)49)28-16-20-34-38-12-6-10-36-32-8-2-4-14-42(32)51(48(36)38)44(34)24-28/h1-26H. The Kier molecular flexibility index (Phi) is 4.98. The highest BCUT2D eigenvalue weighted by atomic mass is 16.3. The van der Waals surface area contributed by atoms with Crippen LogP contribution in [-0.2, 0) is 0 Å². The number of fused-ring (bicyclic) bond motifs is 14. The Balaban J connectivity index is 0.978. The number of rotatable bonds is 2. The predicted molar refractivity (Wildman–Crippen MR) is 220 cm³/mol. The molecule has 4 nitrogen and oxygen atoms in total. The minimum atomic E-state index is -0.0180. The zero-order chi connectivity index (χ0) is 34.5. The summed E-state index contributed by atoms with van der Waals surface area (Å²) in [5.41, 5.74) is 12.6. The van der Waals surface area contributed by atoms with Crippen LogP contribution in [0.25, 0.3) is 120 Å². The van der Waals surface area contributed by atoms with Crippen molar-refractivity contribution in [2.45, 2.75) is 0 Å². The molecule has 0 aliphatic rings. The van der Waals surface area contributed by atoms with Crippen molar-refractivity contribution in [2.75, 3.05) is 0 Å². The van der Waals surface area contributed by atoms with Crippen LogP contribution in [0, 0.1) is 0 Å². The molecular weight excluding hydrogens is 649 g/mol. The molecule has 0 aliphatic carbocycles. The molecule has 0 unspecified atom stereocenters. The van der Waals surface area contributed by atoms with Gasteiger partial charge in [-0.2, -0.15) is 0 Å². The van der Waals surface area contributed by atoms with Crippen molar-refractivity contribution in [3.8, 4) is 22.3 Å². The first-order valence-corrected chi connectivity index (χ1v) is 18.0. The molecule has 0 spiro atoms. The second kappa shape index (κ2) is 9.58. The Labute approximate surface area is 300 Å². The minimum absolute atomic E-state index is 0.0180. The summed E-state index contributed by atoms with van der Waals surface area (Å²) in [6.07, 6.45) is 0. The van der Waals surface area contributed by atoms with Gasteiger partial charge in [-0.25, -0.2) is 0 Å². The maximum atomic E-state index is 13.9. The van der Waals surface area contributed by atoms with E-state index in [0.717, 1.165) is 22.3 Å². The van der Waals surface area contributed by atoms with Crippen LogP contribution in [0.1, 0.15) is 0 Å². The van der Waals surface area contributed by atoms with Crippen LogP contribution < -0.4 is 5.43 Å². The van der Waals surface area contributed by atoms with Gasteiger partial charge in [-0.1, -0.05) is 109 Å². The van der Waals surface area contributed by atoms with Crippen LogP contribution in [0.15, 0.2) is 167 Å². The topological polar surface area (TPSA) is 39.0 Å². The van der Waals surface area contributed by atoms with Gasteiger partial charge in [0, 0.05) is 43.1 Å². The van der Waals surface area contributed by atoms with E-state index >= 15 is 0 Å². The van der Waals surface area contributed by atoms with E-state index in [9.17, 15) is 4.79 Å². The zero-order valence-electron chi connectivity index (χ0n) is 28.2. The number of aromatic nitrogens is 2. The van der Waals surface area contributed by atoms with Gasteiger partial charge >= 0.3 is 0 Å². The van der Waals surface area contributed by atoms with Crippen molar-refractivity contribution in [2.24, 2.45) is 0 Å². The number of nitrogens with zero attached hydrogens (tertiary/aromatic N) is 2. The van der Waals surface area contributed by atoms with Gasteiger partial charge in [0.25, 0.3) is 0 Å². The van der Waals surface area contributed by atoms with Crippen molar-refractivity contribution >= 4 is 98.1 Å². The summed E-state index contributed by atoms with van der Waals surface area (Å²) in [4.78, 5) is 13.9. The first kappa shape index (κ1) is 27.5. The van der Waals surface area contributed by atoms with Crippen LogP contribution in [0.3, 0.4) is 0 Å². The Morgan fingerprint density at radius 1 is 0.321 bits per heavy atom. The Morgan fingerprint density at radius 3 is 1.13 bits per heavy atom. The Morgan fingerprint density at radius 2 is 0.679 bits per heavy atom. The molecule has 0 saturated heterocycles. The Hall–Kier alpha value is -7.17. The van der Waals surface area contributed by atoms with E-state index in [-0.39, 0.29) is 5.43 Å². The number of hydrogen-bond acceptors (Lipinski definition) is 2. The van der Waals surface area contributed by atoms with Gasteiger partial charge in [-0.3, -0.25) is 4.79 Å². The van der Waals surface area contributed by atoms with Gasteiger partial charge in [0.05, 0.1) is 43.9 Å². The van der Waals surface area contributed by atoms with E-state index in [4.69, 9.17) is 4.42 Å². The third kappa shape index (κ3) is 3.43. The average Bonchev–Trinajstić information content (AvgIpc) is 3.94. The summed E-state index contributed by atoms with van der Waals surface area (Å²) < 4.78 is 11.4. The quantitative estimate of drug-likeness (QED) is 0.171. The molecule has 53 heavy (non-hydrogen) atoms. The van der Waals surface area contributed by atoms with Crippen molar-refractivity contribution in [1.29, 1.82) is 0 Å². The van der Waals surface area contributed by atoms with Crippen LogP contribution in [0.2, 0.25) is 0 Å². The lowest BCUT2D eigenvalue weighted by Gasteiger charge is -2.08. The second-order valence-electron chi connectivity index (χ2n) is 14.4. The number of benzene rings is 8. The van der Waals surface area contributed by atoms with Crippen LogP contribution >= 0.6 is 0 Å². The Bertz CT molecular complexity index is 3520. The average molecular weight is 675 g/mol. The molecule has 0 saturated carbocycles. The fraction of sp³-hybridized carbons (Fsp3) is 0. The fourth-order valence-electron chi connectivity index (χ4n) is 9.43. The maximum Gasteiger partial charge on any atom is 0.200 e. The van der Waals surface area contributed by atoms with Crippen molar-refractivity contribution in [3.63, 3.8) is 0 Å². The van der Waals surface area contributed by atoms with Crippen LogP contribution in [0.4, 0.5) is 0 Å². The van der Waals surface area contributed by atoms with E-state index in [1.165, 1.54) is 76.2 Å². The molecule has 0 aliphatic heterocycles. The SMILES string of the molecule is O=c1c2ccc(-c3ccc4c5cccc6c7ccccc7n(c4c3)c65)cc2oc2cc(-c3ccc4c5cccc6c7ccccc7n(c4c3)c65)ccc12. The number of hydrogen-bond donors (Lipinski definition) is 0. The van der Waals surface area contributed by atoms with E-state index in [2.05, 4.69) is 130 Å². The monoisotopic (exact) mass is 674 g/mol. The maximum absolute atomic E-state index is 13.9. The normalized spacial score (nSPS) is 12.6. The second-order valence-corrected chi connectivity index (χ2v) is 14.4. The first-order chi connectivity index (χ1) is 26.2. The highest BCUT2D eigenvalue weighted by molar-refractivity contribution is 6.24. The summed E-state index contributed by atoms with van der Waals surface area (Å²) in [6, 6.07) is 55.7. The van der Waals surface area contributed by atoms with Crippen molar-refractivity contribution in [3.05, 3.63) is 168 Å². The lowest BCUT2D eigenvalue weighted by molar-refractivity contribution is 0.660. The van der Waals surface area contributed by atoms with Crippen LogP contribution in [0.5, 0.6) is 0 Å². The summed E-state index contributed by atoms with van der Waals surface area (Å²) in [5.74, 6) is 0. The predicted octanol–water partition coefficient (Wildman–Crippen LogP) is 12.6. The lowest BCUT2D eigenvalue weighted by Crippen LogP contribution is -2.02. The number of para-hydroxylation sites is 4. The minimum Gasteiger partial charge on any atom is -0.456 e. The van der Waals surface area contributed by atoms with Gasteiger partial charge in [-0.05, 0) is 70.8 Å².